The zero-order chi connectivity index (χ0) is 31.3. The smallest absolute Gasteiger partial charge is 0.147 e. The maximum Gasteiger partial charge on any atom is -0.147 e. The number of hydrogen-bond donors (Lipinski definition) is 1. The van der Waals surface area contributed by atoms with Crippen LogP contribution >= 0.6 is 19.2 Å². The van der Waals surface area contributed by atoms with Gasteiger partial charge in [0.25, 0.3) is 0 Å². The second-order valence-corrected chi connectivity index (χ2v) is 16.7. The van der Waals surface area contributed by atoms with Gasteiger partial charge in [0.2, 0.25) is 0 Å². The molecule has 6 rings (SSSR count). The van der Waals surface area contributed by atoms with Crippen molar-refractivity contribution in [3.63, 3.8) is 0 Å². The van der Waals surface area contributed by atoms with E-state index in [9.17, 15) is 9.90 Å². The molecule has 1 aliphatic heterocycles. The second-order valence-electron chi connectivity index (χ2n) is 11.8. The van der Waals surface area contributed by atoms with Gasteiger partial charge in [-0.3, -0.25) is 0 Å². The number of benzene rings is 5. The zero-order valence-corrected chi connectivity index (χ0v) is 27.9. The van der Waals surface area contributed by atoms with Gasteiger partial charge in [-0.2, -0.15) is 0 Å². The molecule has 5 aromatic carbocycles. The molecule has 1 aliphatic rings. The van der Waals surface area contributed by atoms with E-state index < -0.39 is 18.8 Å². The zero-order valence-electron chi connectivity index (χ0n) is 26.2. The van der Waals surface area contributed by atoms with Crippen LogP contribution in [0.4, 0.5) is 0 Å². The Morgan fingerprint density at radius 1 is 0.674 bits per heavy atom. The van der Waals surface area contributed by atoms with E-state index in [2.05, 4.69) is 89.6 Å². The van der Waals surface area contributed by atoms with Crippen LogP contribution in [0.1, 0.15) is 17.5 Å². The molecule has 238 valence electrons. The van der Waals surface area contributed by atoms with Gasteiger partial charge in [-0.15, -0.1) is 12.4 Å². The molecule has 0 radical (unpaired) electrons. The molecule has 5 aromatic rings. The van der Waals surface area contributed by atoms with E-state index in [-0.39, 0.29) is 18.3 Å². The number of carboxylic acids is 1. The van der Waals surface area contributed by atoms with Crippen molar-refractivity contribution in [3.8, 4) is 11.5 Å². The van der Waals surface area contributed by atoms with Crippen molar-refractivity contribution in [3.05, 3.63) is 151 Å². The molecule has 0 aromatic heterocycles. The number of halogens is 1. The summed E-state index contributed by atoms with van der Waals surface area (Å²) in [6.07, 6.45) is 1.84. The molecule has 46 heavy (non-hydrogen) atoms. The number of nitrogens with zero attached hydrogens (tertiary/aromatic N) is 1. The Balaban J connectivity index is 0.00000417. The summed E-state index contributed by atoms with van der Waals surface area (Å²) in [5, 5.41) is 14.5. The van der Waals surface area contributed by atoms with Gasteiger partial charge in [0.05, 0.1) is 0 Å². The monoisotopic (exact) mass is 653 g/mol. The molecule has 1 saturated heterocycles. The molecular weight excluding hydrogens is 613 g/mol. The van der Waals surface area contributed by atoms with E-state index in [0.29, 0.717) is 19.1 Å². The molecule has 0 saturated carbocycles. The Kier molecular flexibility index (Phi) is 10.2. The molecule has 1 unspecified atom stereocenters. The van der Waals surface area contributed by atoms with Crippen molar-refractivity contribution < 1.29 is 19.4 Å². The number of hydrogen-bond acceptors (Lipinski definition) is 4. The number of carbonyl (C=O) groups is 1. The predicted octanol–water partition coefficient (Wildman–Crippen LogP) is 7.09. The molecule has 2 atom stereocenters. The van der Waals surface area contributed by atoms with Crippen molar-refractivity contribution in [2.24, 2.45) is 5.92 Å². The maximum atomic E-state index is 13.5. The third-order valence-corrected chi connectivity index (χ3v) is 16.3. The van der Waals surface area contributed by atoms with E-state index in [4.69, 9.17) is 9.47 Å². The van der Waals surface area contributed by atoms with E-state index >= 15 is 0 Å². The number of para-hydroxylation sites is 2. The molecule has 7 heteroatoms. The van der Waals surface area contributed by atoms with Crippen LogP contribution in [-0.4, -0.2) is 42.6 Å². The number of rotatable bonds is 11. The number of aliphatic carboxylic acids is 1. The summed E-state index contributed by atoms with van der Waals surface area (Å²) in [4.78, 5) is 13.5. The molecule has 0 spiro atoms. The van der Waals surface area contributed by atoms with Gasteiger partial charge in [-0.1, -0.05) is 0 Å². The Labute approximate surface area is 278 Å². The fourth-order valence-electron chi connectivity index (χ4n) is 7.62. The standard InChI is InChI=1S/C39H40NO4P.ClH/c1-43-37-24-14-12-16-31(37)26-30-27-36(39(41)42)40(28-30)45(33-18-6-3-7-19-33,34-20-8-4-9-21-34,35-22-10-5-11-23-35)29-32-17-13-15-25-38(32)44-2;/h3-25,30,36H,26-29H2,1-2H3,(H,41,42);1H/t30?,36-;/m0./s1. The van der Waals surface area contributed by atoms with Gasteiger partial charge >= 0.3 is 267 Å². The van der Waals surface area contributed by atoms with Gasteiger partial charge < -0.3 is 0 Å². The summed E-state index contributed by atoms with van der Waals surface area (Å²) in [6, 6.07) is 47.4. The number of methoxy groups -OCH3 is 2. The summed E-state index contributed by atoms with van der Waals surface area (Å²) in [5.74, 6) is 0.932. The second kappa shape index (κ2) is 14.1. The SMILES string of the molecule is COc1ccccc1CC1C[C@@H](C(=O)O)N(P(Cc2ccccc2OC)(c2ccccc2)(c2ccccc2)c2ccccc2)C1.Cl. The van der Waals surface area contributed by atoms with E-state index in [1.54, 1.807) is 14.2 Å². The maximum absolute atomic E-state index is 13.5. The minimum absolute atomic E-state index is 0. The predicted molar refractivity (Wildman–Crippen MR) is 192 cm³/mol. The Bertz CT molecular complexity index is 1650. The first-order valence-corrected chi connectivity index (χ1v) is 17.8. The molecule has 1 N–H and O–H groups in total. The van der Waals surface area contributed by atoms with E-state index in [1.165, 1.54) is 0 Å². The fourth-order valence-corrected chi connectivity index (χ4v) is 14.9. The van der Waals surface area contributed by atoms with Crippen LogP contribution in [0.25, 0.3) is 0 Å². The largest absolute Gasteiger partial charge is 0.147 e. The summed E-state index contributed by atoms with van der Waals surface area (Å²) < 4.78 is 14.1. The fraction of sp³-hybridized carbons (Fsp3) is 0.205. The molecule has 1 heterocycles. The third-order valence-electron chi connectivity index (χ3n) is 9.52. The number of ether oxygens (including phenoxy) is 2. The van der Waals surface area contributed by atoms with Crippen LogP contribution in [-0.2, 0) is 17.4 Å². The molecule has 1 fully saturated rings. The van der Waals surface area contributed by atoms with Gasteiger partial charge in [-0.25, -0.2) is 0 Å². The molecule has 0 amide bonds. The first-order chi connectivity index (χ1) is 22.0. The topological polar surface area (TPSA) is 59.0 Å². The van der Waals surface area contributed by atoms with Crippen LogP contribution in [0, 0.1) is 5.92 Å². The van der Waals surface area contributed by atoms with Gasteiger partial charge in [-0.05, 0) is 0 Å². The summed E-state index contributed by atoms with van der Waals surface area (Å²) in [5.41, 5.74) is 2.15. The van der Waals surface area contributed by atoms with Gasteiger partial charge in [0, 0.05) is 0 Å². The van der Waals surface area contributed by atoms with Crippen LogP contribution in [0.15, 0.2) is 140 Å². The molecule has 0 aliphatic carbocycles. The van der Waals surface area contributed by atoms with Crippen molar-refractivity contribution in [2.45, 2.75) is 25.0 Å². The molecule has 0 bridgehead atoms. The van der Waals surface area contributed by atoms with Crippen LogP contribution in [0.3, 0.4) is 0 Å². The average Bonchev–Trinajstić information content (AvgIpc) is 3.54. The first kappa shape index (κ1) is 33.2. The van der Waals surface area contributed by atoms with Crippen LogP contribution in [0.2, 0.25) is 0 Å². The molecular formula is C39H41ClNO4P. The van der Waals surface area contributed by atoms with Crippen molar-refractivity contribution >= 4 is 41.0 Å². The van der Waals surface area contributed by atoms with Gasteiger partial charge in [0.1, 0.15) is 0 Å². The van der Waals surface area contributed by atoms with Crippen molar-refractivity contribution in [1.29, 1.82) is 0 Å². The molecule has 5 nitrogen and oxygen atoms in total. The van der Waals surface area contributed by atoms with Crippen LogP contribution in [0.5, 0.6) is 11.5 Å². The third kappa shape index (κ3) is 5.58. The van der Waals surface area contributed by atoms with Crippen molar-refractivity contribution in [2.75, 3.05) is 20.8 Å². The van der Waals surface area contributed by atoms with Gasteiger partial charge in [0.15, 0.2) is 0 Å². The normalized spacial score (nSPS) is 17.3. The Hall–Kier alpha value is -4.15. The van der Waals surface area contributed by atoms with E-state index in [0.717, 1.165) is 45.0 Å². The van der Waals surface area contributed by atoms with Crippen LogP contribution < -0.4 is 25.4 Å². The average molecular weight is 654 g/mol. The minimum Gasteiger partial charge on any atom is -0.147 e. The van der Waals surface area contributed by atoms with Crippen molar-refractivity contribution in [1.82, 2.24) is 4.67 Å². The summed E-state index contributed by atoms with van der Waals surface area (Å²) >= 11 is 0. The Morgan fingerprint density at radius 3 is 1.54 bits per heavy atom. The van der Waals surface area contributed by atoms with E-state index in [1.807, 2.05) is 54.6 Å². The quantitative estimate of drug-likeness (QED) is 0.154. The summed E-state index contributed by atoms with van der Waals surface area (Å²) in [6.45, 7) is -3.23. The number of carboxylic acid groups (broad SMARTS) is 1. The minimum atomic E-state index is -3.84. The Morgan fingerprint density at radius 2 is 1.09 bits per heavy atom. The first-order valence-electron chi connectivity index (χ1n) is 15.4. The summed E-state index contributed by atoms with van der Waals surface area (Å²) in [7, 11) is 3.40.